The smallest absolute Gasteiger partial charge is 0.122 e. The van der Waals surface area contributed by atoms with Gasteiger partial charge in [0.05, 0.1) is 0 Å². The molecule has 0 aromatic heterocycles. The van der Waals surface area contributed by atoms with E-state index in [4.69, 9.17) is 4.74 Å². The number of hydrogen-bond acceptors (Lipinski definition) is 2. The molecule has 0 radical (unpaired) electrons. The summed E-state index contributed by atoms with van der Waals surface area (Å²) < 4.78 is 7.00. The number of rotatable bonds is 6. The Bertz CT molecular complexity index is 596. The van der Waals surface area contributed by atoms with E-state index in [0.717, 1.165) is 22.3 Å². The number of nitrogens with one attached hydrogen (secondary N) is 1. The van der Waals surface area contributed by atoms with Gasteiger partial charge in [0.2, 0.25) is 0 Å². The zero-order chi connectivity index (χ0) is 15.2. The Morgan fingerprint density at radius 2 is 1.86 bits per heavy atom. The van der Waals surface area contributed by atoms with Crippen LogP contribution >= 0.6 is 15.9 Å². The van der Waals surface area contributed by atoms with Gasteiger partial charge < -0.3 is 10.1 Å². The van der Waals surface area contributed by atoms with Gasteiger partial charge in [-0.15, -0.1) is 0 Å². The molecule has 0 aliphatic carbocycles. The maximum atomic E-state index is 5.92. The molecule has 2 aromatic rings. The average Bonchev–Trinajstić information content (AvgIpc) is 2.45. The monoisotopic (exact) mass is 347 g/mol. The zero-order valence-corrected chi connectivity index (χ0v) is 14.4. The van der Waals surface area contributed by atoms with Crippen LogP contribution in [0.2, 0.25) is 0 Å². The fourth-order valence-electron chi connectivity index (χ4n) is 2.09. The summed E-state index contributed by atoms with van der Waals surface area (Å²) in [4.78, 5) is 0. The van der Waals surface area contributed by atoms with Crippen LogP contribution in [0.25, 0.3) is 0 Å². The van der Waals surface area contributed by atoms with E-state index in [-0.39, 0.29) is 0 Å². The van der Waals surface area contributed by atoms with Crippen molar-refractivity contribution in [2.24, 2.45) is 0 Å². The molecule has 2 nitrogen and oxygen atoms in total. The van der Waals surface area contributed by atoms with Crippen LogP contribution in [0.15, 0.2) is 46.9 Å². The van der Waals surface area contributed by atoms with Gasteiger partial charge in [-0.1, -0.05) is 54.0 Å². The molecule has 2 aromatic carbocycles. The van der Waals surface area contributed by atoms with Crippen LogP contribution in [0.4, 0.5) is 0 Å². The van der Waals surface area contributed by atoms with E-state index in [2.05, 4.69) is 72.3 Å². The second-order valence-electron chi connectivity index (χ2n) is 5.55. The molecule has 0 unspecified atom stereocenters. The third kappa shape index (κ3) is 5.18. The molecule has 0 aliphatic heterocycles. The lowest BCUT2D eigenvalue weighted by Gasteiger charge is -2.12. The first-order chi connectivity index (χ1) is 10.0. The first kappa shape index (κ1) is 16.1. The molecule has 1 N–H and O–H groups in total. The first-order valence-corrected chi connectivity index (χ1v) is 8.04. The number of aryl methyl sites for hydroxylation is 1. The molecule has 0 saturated carbocycles. The Hall–Kier alpha value is -1.32. The quantitative estimate of drug-likeness (QED) is 0.807. The van der Waals surface area contributed by atoms with Crippen molar-refractivity contribution in [3.8, 4) is 5.75 Å². The highest BCUT2D eigenvalue weighted by atomic mass is 79.9. The summed E-state index contributed by atoms with van der Waals surface area (Å²) in [6.07, 6.45) is 0. The van der Waals surface area contributed by atoms with E-state index in [1.165, 1.54) is 11.1 Å². The predicted molar refractivity (Wildman–Crippen MR) is 91.6 cm³/mol. The van der Waals surface area contributed by atoms with Crippen LogP contribution in [-0.4, -0.2) is 6.04 Å². The van der Waals surface area contributed by atoms with Crippen LogP contribution in [0.5, 0.6) is 5.75 Å². The first-order valence-electron chi connectivity index (χ1n) is 7.25. The summed E-state index contributed by atoms with van der Waals surface area (Å²) in [6, 6.07) is 15.1. The zero-order valence-electron chi connectivity index (χ0n) is 12.8. The van der Waals surface area contributed by atoms with Gasteiger partial charge >= 0.3 is 0 Å². The van der Waals surface area contributed by atoms with Crippen molar-refractivity contribution >= 4 is 15.9 Å². The molecule has 2 rings (SSSR count). The standard InChI is InChI=1S/C18H22BrNO/c1-13(2)20-11-15-5-4-6-16(10-15)12-21-18-8-7-17(19)9-14(18)3/h4-10,13,20H,11-12H2,1-3H3. The minimum Gasteiger partial charge on any atom is -0.489 e. The van der Waals surface area contributed by atoms with Gasteiger partial charge in [0, 0.05) is 17.1 Å². The number of halogens is 1. The second kappa shape index (κ2) is 7.62. The van der Waals surface area contributed by atoms with Crippen molar-refractivity contribution in [2.45, 2.75) is 40.0 Å². The van der Waals surface area contributed by atoms with E-state index in [9.17, 15) is 0 Å². The molecule has 0 heterocycles. The molecule has 0 spiro atoms. The van der Waals surface area contributed by atoms with Gasteiger partial charge in [0.15, 0.2) is 0 Å². The van der Waals surface area contributed by atoms with Crippen molar-refractivity contribution in [3.63, 3.8) is 0 Å². The van der Waals surface area contributed by atoms with Gasteiger partial charge in [0.1, 0.15) is 12.4 Å². The Balaban J connectivity index is 1.98. The molecule has 0 bridgehead atoms. The SMILES string of the molecule is Cc1cc(Br)ccc1OCc1cccc(CNC(C)C)c1. The summed E-state index contributed by atoms with van der Waals surface area (Å²) in [5.74, 6) is 0.934. The Labute approximate surface area is 135 Å². The van der Waals surface area contributed by atoms with Crippen molar-refractivity contribution in [2.75, 3.05) is 0 Å². The van der Waals surface area contributed by atoms with Crippen molar-refractivity contribution in [3.05, 3.63) is 63.6 Å². The summed E-state index contributed by atoms with van der Waals surface area (Å²) in [5.41, 5.74) is 3.62. The Morgan fingerprint density at radius 3 is 2.57 bits per heavy atom. The Kier molecular flexibility index (Phi) is 5.83. The minimum atomic E-state index is 0.496. The molecular weight excluding hydrogens is 326 g/mol. The van der Waals surface area contributed by atoms with Crippen LogP contribution in [0.3, 0.4) is 0 Å². The molecule has 0 amide bonds. The largest absolute Gasteiger partial charge is 0.489 e. The number of ether oxygens (including phenoxy) is 1. The normalized spacial score (nSPS) is 10.9. The lowest BCUT2D eigenvalue weighted by Crippen LogP contribution is -2.21. The maximum absolute atomic E-state index is 5.92. The van der Waals surface area contributed by atoms with E-state index >= 15 is 0 Å². The molecule has 0 saturated heterocycles. The van der Waals surface area contributed by atoms with Crippen LogP contribution in [0, 0.1) is 6.92 Å². The molecule has 3 heteroatoms. The van der Waals surface area contributed by atoms with Gasteiger partial charge in [0.25, 0.3) is 0 Å². The molecule has 21 heavy (non-hydrogen) atoms. The molecule has 112 valence electrons. The highest BCUT2D eigenvalue weighted by Crippen LogP contribution is 2.23. The van der Waals surface area contributed by atoms with E-state index < -0.39 is 0 Å². The highest BCUT2D eigenvalue weighted by molar-refractivity contribution is 9.10. The van der Waals surface area contributed by atoms with E-state index in [1.54, 1.807) is 0 Å². The van der Waals surface area contributed by atoms with Gasteiger partial charge in [-0.05, 0) is 41.8 Å². The summed E-state index contributed by atoms with van der Waals surface area (Å²) in [7, 11) is 0. The third-order valence-electron chi connectivity index (χ3n) is 3.24. The van der Waals surface area contributed by atoms with Gasteiger partial charge in [-0.2, -0.15) is 0 Å². The molecule has 0 fully saturated rings. The predicted octanol–water partition coefficient (Wildman–Crippen LogP) is 4.83. The lowest BCUT2D eigenvalue weighted by atomic mass is 10.1. The topological polar surface area (TPSA) is 21.3 Å². The summed E-state index contributed by atoms with van der Waals surface area (Å²) in [5, 5.41) is 3.43. The molecule has 0 atom stereocenters. The summed E-state index contributed by atoms with van der Waals surface area (Å²) in [6.45, 7) is 7.86. The van der Waals surface area contributed by atoms with Gasteiger partial charge in [-0.25, -0.2) is 0 Å². The van der Waals surface area contributed by atoms with E-state index in [0.29, 0.717) is 12.6 Å². The van der Waals surface area contributed by atoms with Crippen molar-refractivity contribution < 1.29 is 4.74 Å². The second-order valence-corrected chi connectivity index (χ2v) is 6.47. The molecular formula is C18H22BrNO. The number of hydrogen-bond donors (Lipinski definition) is 1. The van der Waals surface area contributed by atoms with Crippen LogP contribution < -0.4 is 10.1 Å². The summed E-state index contributed by atoms with van der Waals surface area (Å²) >= 11 is 3.47. The third-order valence-corrected chi connectivity index (χ3v) is 3.73. The minimum absolute atomic E-state index is 0.496. The Morgan fingerprint density at radius 1 is 1.10 bits per heavy atom. The van der Waals surface area contributed by atoms with Crippen molar-refractivity contribution in [1.29, 1.82) is 0 Å². The fourth-order valence-corrected chi connectivity index (χ4v) is 2.56. The average molecular weight is 348 g/mol. The van der Waals surface area contributed by atoms with Crippen molar-refractivity contribution in [1.82, 2.24) is 5.32 Å². The fraction of sp³-hybridized carbons (Fsp3) is 0.333. The van der Waals surface area contributed by atoms with Gasteiger partial charge in [-0.3, -0.25) is 0 Å². The van der Waals surface area contributed by atoms with E-state index in [1.807, 2.05) is 12.1 Å². The van der Waals surface area contributed by atoms with Crippen LogP contribution in [0.1, 0.15) is 30.5 Å². The lowest BCUT2D eigenvalue weighted by molar-refractivity contribution is 0.304. The highest BCUT2D eigenvalue weighted by Gasteiger charge is 2.02. The molecule has 0 aliphatic rings. The van der Waals surface area contributed by atoms with Crippen LogP contribution in [-0.2, 0) is 13.2 Å². The number of benzene rings is 2. The maximum Gasteiger partial charge on any atom is 0.122 e.